The molecule has 0 aliphatic heterocycles. The molecule has 0 aromatic heterocycles. The second kappa shape index (κ2) is 9.55. The van der Waals surface area contributed by atoms with Crippen LogP contribution in [0.5, 0.6) is 5.75 Å². The van der Waals surface area contributed by atoms with Crippen LogP contribution in [-0.4, -0.2) is 25.6 Å². The maximum absolute atomic E-state index is 12.5. The molecule has 0 aliphatic carbocycles. The van der Waals surface area contributed by atoms with Crippen molar-refractivity contribution in [2.24, 2.45) is 0 Å². The van der Waals surface area contributed by atoms with E-state index >= 15 is 0 Å². The minimum absolute atomic E-state index is 0.355. The minimum Gasteiger partial charge on any atom is -0.497 e. The molecule has 5 heteroatoms. The lowest BCUT2D eigenvalue weighted by Gasteiger charge is -2.20. The van der Waals surface area contributed by atoms with Gasteiger partial charge in [-0.2, -0.15) is 0 Å². The van der Waals surface area contributed by atoms with Gasteiger partial charge in [0.2, 0.25) is 0 Å². The maximum atomic E-state index is 12.5. The Labute approximate surface area is 170 Å². The van der Waals surface area contributed by atoms with Crippen molar-refractivity contribution in [3.05, 3.63) is 101 Å². The summed E-state index contributed by atoms with van der Waals surface area (Å²) in [5.74, 6) is -0.167. The van der Waals surface area contributed by atoms with E-state index < -0.39 is 5.97 Å². The van der Waals surface area contributed by atoms with Gasteiger partial charge < -0.3 is 14.8 Å². The minimum atomic E-state index is -0.524. The molecule has 0 saturated carbocycles. The van der Waals surface area contributed by atoms with Crippen LogP contribution in [0.3, 0.4) is 0 Å². The number of aryl methyl sites for hydroxylation is 1. The summed E-state index contributed by atoms with van der Waals surface area (Å²) in [7, 11) is 1.61. The fourth-order valence-corrected chi connectivity index (χ4v) is 2.99. The number of carbonyl (C=O) groups excluding carboxylic acids is 2. The van der Waals surface area contributed by atoms with Crippen molar-refractivity contribution < 1.29 is 19.1 Å². The second-order valence-corrected chi connectivity index (χ2v) is 6.63. The number of carbonyl (C=O) groups is 2. The molecule has 0 bridgehead atoms. The van der Waals surface area contributed by atoms with Gasteiger partial charge in [0.05, 0.1) is 18.7 Å². The molecule has 3 aromatic carbocycles. The summed E-state index contributed by atoms with van der Waals surface area (Å²) in [6.07, 6.45) is 0. The smallest absolute Gasteiger partial charge is 0.338 e. The largest absolute Gasteiger partial charge is 0.497 e. The highest BCUT2D eigenvalue weighted by molar-refractivity contribution is 5.91. The molecule has 148 valence electrons. The van der Waals surface area contributed by atoms with Gasteiger partial charge in [-0.3, -0.25) is 4.79 Å². The normalized spacial score (nSPS) is 11.4. The van der Waals surface area contributed by atoms with E-state index in [0.717, 1.165) is 22.4 Å². The lowest BCUT2D eigenvalue weighted by Crippen LogP contribution is -2.33. The third-order valence-corrected chi connectivity index (χ3v) is 4.48. The number of esters is 1. The summed E-state index contributed by atoms with van der Waals surface area (Å²) < 4.78 is 10.4. The number of benzene rings is 3. The number of nitrogens with one attached hydrogen (secondary N) is 1. The highest BCUT2D eigenvalue weighted by Crippen LogP contribution is 2.24. The molecule has 0 saturated heterocycles. The molecule has 1 amide bonds. The van der Waals surface area contributed by atoms with Gasteiger partial charge in [-0.1, -0.05) is 60.2 Å². The van der Waals surface area contributed by atoms with Gasteiger partial charge in [0.15, 0.2) is 6.61 Å². The fourth-order valence-electron chi connectivity index (χ4n) is 2.99. The summed E-state index contributed by atoms with van der Waals surface area (Å²) in [5.41, 5.74) is 3.20. The van der Waals surface area contributed by atoms with Crippen LogP contribution in [0.1, 0.15) is 33.1 Å². The van der Waals surface area contributed by atoms with Gasteiger partial charge in [0.25, 0.3) is 5.91 Å². The first-order valence-electron chi connectivity index (χ1n) is 9.29. The molecule has 29 heavy (non-hydrogen) atoms. The molecule has 0 fully saturated rings. The Balaban J connectivity index is 1.70. The molecule has 1 atom stereocenters. The first-order valence-corrected chi connectivity index (χ1v) is 9.29. The van der Waals surface area contributed by atoms with E-state index in [2.05, 4.69) is 5.32 Å². The van der Waals surface area contributed by atoms with E-state index in [1.165, 1.54) is 0 Å². The van der Waals surface area contributed by atoms with Gasteiger partial charge in [0, 0.05) is 0 Å². The Bertz CT molecular complexity index is 968. The quantitative estimate of drug-likeness (QED) is 0.619. The molecule has 3 rings (SSSR count). The Hall–Kier alpha value is -3.60. The van der Waals surface area contributed by atoms with E-state index in [1.54, 1.807) is 25.3 Å². The van der Waals surface area contributed by atoms with Crippen LogP contribution in [0.25, 0.3) is 0 Å². The molecule has 0 radical (unpaired) electrons. The zero-order valence-electron chi connectivity index (χ0n) is 16.4. The van der Waals surface area contributed by atoms with Crippen molar-refractivity contribution in [2.45, 2.75) is 13.0 Å². The molecule has 5 nitrogen and oxygen atoms in total. The van der Waals surface area contributed by atoms with Crippen LogP contribution >= 0.6 is 0 Å². The zero-order valence-corrected chi connectivity index (χ0v) is 16.4. The monoisotopic (exact) mass is 389 g/mol. The van der Waals surface area contributed by atoms with Crippen LogP contribution in [0.2, 0.25) is 0 Å². The van der Waals surface area contributed by atoms with Crippen molar-refractivity contribution in [1.29, 1.82) is 0 Å². The molecule has 0 spiro atoms. The molecule has 0 aliphatic rings. The van der Waals surface area contributed by atoms with E-state index in [4.69, 9.17) is 9.47 Å². The first kappa shape index (κ1) is 20.1. The van der Waals surface area contributed by atoms with Gasteiger partial charge in [-0.05, 0) is 42.3 Å². The molecule has 1 N–H and O–H groups in total. The molecular weight excluding hydrogens is 366 g/mol. The van der Waals surface area contributed by atoms with Crippen molar-refractivity contribution in [3.8, 4) is 5.75 Å². The first-order chi connectivity index (χ1) is 14.1. The molecule has 0 heterocycles. The van der Waals surface area contributed by atoms with Crippen molar-refractivity contribution in [3.63, 3.8) is 0 Å². The van der Waals surface area contributed by atoms with Crippen molar-refractivity contribution in [1.82, 2.24) is 5.32 Å². The lowest BCUT2D eigenvalue weighted by atomic mass is 9.98. The molecule has 3 aromatic rings. The average Bonchev–Trinajstić information content (AvgIpc) is 2.76. The number of hydrogen-bond acceptors (Lipinski definition) is 4. The highest BCUT2D eigenvalue weighted by atomic mass is 16.5. The van der Waals surface area contributed by atoms with Crippen molar-refractivity contribution in [2.75, 3.05) is 13.7 Å². The third kappa shape index (κ3) is 5.45. The van der Waals surface area contributed by atoms with Crippen LogP contribution < -0.4 is 10.1 Å². The number of hydrogen-bond donors (Lipinski definition) is 1. The third-order valence-electron chi connectivity index (χ3n) is 4.48. The van der Waals surface area contributed by atoms with E-state index in [0.29, 0.717) is 5.56 Å². The van der Waals surface area contributed by atoms with Crippen LogP contribution in [0.15, 0.2) is 78.9 Å². The van der Waals surface area contributed by atoms with Crippen molar-refractivity contribution >= 4 is 11.9 Å². The topological polar surface area (TPSA) is 64.6 Å². The Morgan fingerprint density at radius 2 is 1.59 bits per heavy atom. The summed E-state index contributed by atoms with van der Waals surface area (Å²) >= 11 is 0. The number of rotatable bonds is 7. The highest BCUT2D eigenvalue weighted by Gasteiger charge is 2.18. The fraction of sp³-hybridized carbons (Fsp3) is 0.167. The molecular formula is C24H23NO4. The van der Waals surface area contributed by atoms with Gasteiger partial charge in [-0.15, -0.1) is 0 Å². The van der Waals surface area contributed by atoms with E-state index in [9.17, 15) is 9.59 Å². The predicted octanol–water partition coefficient (Wildman–Crippen LogP) is 4.07. The van der Waals surface area contributed by atoms with E-state index in [-0.39, 0.29) is 18.6 Å². The average molecular weight is 389 g/mol. The zero-order chi connectivity index (χ0) is 20.6. The predicted molar refractivity (Wildman–Crippen MR) is 111 cm³/mol. The Morgan fingerprint density at radius 3 is 2.24 bits per heavy atom. The number of methoxy groups -OCH3 is 1. The number of amides is 1. The summed E-state index contributed by atoms with van der Waals surface area (Å²) in [6, 6.07) is 23.8. The summed E-state index contributed by atoms with van der Waals surface area (Å²) in [4.78, 5) is 24.7. The summed E-state index contributed by atoms with van der Waals surface area (Å²) in [5, 5.41) is 2.95. The lowest BCUT2D eigenvalue weighted by molar-refractivity contribution is -0.124. The van der Waals surface area contributed by atoms with Gasteiger partial charge >= 0.3 is 5.97 Å². The molecule has 0 unspecified atom stereocenters. The Morgan fingerprint density at radius 1 is 0.897 bits per heavy atom. The van der Waals surface area contributed by atoms with Crippen LogP contribution in [0.4, 0.5) is 0 Å². The SMILES string of the molecule is COc1ccc([C@H](NC(=O)COC(=O)c2cccc(C)c2)c2ccccc2)cc1. The Kier molecular flexibility index (Phi) is 6.63. The van der Waals surface area contributed by atoms with Crippen LogP contribution in [-0.2, 0) is 9.53 Å². The second-order valence-electron chi connectivity index (χ2n) is 6.63. The van der Waals surface area contributed by atoms with Gasteiger partial charge in [-0.25, -0.2) is 4.79 Å². The standard InChI is InChI=1S/C24H23NO4/c1-17-7-6-10-20(15-17)24(27)29-16-22(26)25-23(18-8-4-3-5-9-18)19-11-13-21(28-2)14-12-19/h3-15,23H,16H2,1-2H3,(H,25,26)/t23-/m1/s1. The van der Waals surface area contributed by atoms with Gasteiger partial charge in [0.1, 0.15) is 5.75 Å². The maximum Gasteiger partial charge on any atom is 0.338 e. The van der Waals surface area contributed by atoms with Crippen LogP contribution in [0, 0.1) is 6.92 Å². The number of ether oxygens (including phenoxy) is 2. The summed E-state index contributed by atoms with van der Waals surface area (Å²) in [6.45, 7) is 1.54. The van der Waals surface area contributed by atoms with E-state index in [1.807, 2.05) is 67.6 Å².